The number of fused-ring (bicyclic) bond motifs is 1. The Labute approximate surface area is 165 Å². The summed E-state index contributed by atoms with van der Waals surface area (Å²) < 4.78 is 74.7. The number of aliphatic hydroxyl groups is 1. The molecule has 1 aromatic carbocycles. The van der Waals surface area contributed by atoms with Gasteiger partial charge in [-0.15, -0.1) is 0 Å². The Morgan fingerprint density at radius 3 is 2.90 bits per heavy atom. The third kappa shape index (κ3) is 3.94. The van der Waals surface area contributed by atoms with E-state index in [1.165, 1.54) is 6.07 Å². The van der Waals surface area contributed by atoms with Crippen LogP contribution in [0.1, 0.15) is 18.2 Å². The molecule has 0 saturated carbocycles. The van der Waals surface area contributed by atoms with E-state index in [9.17, 15) is 28.0 Å². The van der Waals surface area contributed by atoms with Gasteiger partial charge in [-0.1, -0.05) is 0 Å². The number of H-pyrrole nitrogens is 1. The summed E-state index contributed by atoms with van der Waals surface area (Å²) in [4.78, 5) is 24.6. The number of hydrogen-bond donors (Lipinski definition) is 2. The van der Waals surface area contributed by atoms with Gasteiger partial charge in [-0.2, -0.15) is 4.39 Å². The first-order valence-electron chi connectivity index (χ1n) is 8.50. The molecule has 1 fully saturated rings. The highest BCUT2D eigenvalue weighted by atomic mass is 31.2. The molecule has 2 aliphatic heterocycles. The molecule has 0 radical (unpaired) electrons. The molecule has 2 aromatic rings. The van der Waals surface area contributed by atoms with Crippen LogP contribution in [0, 0.1) is 11.6 Å². The minimum Gasteiger partial charge on any atom is -0.404 e. The van der Waals surface area contributed by atoms with Gasteiger partial charge < -0.3 is 14.4 Å². The molecule has 2 aliphatic rings. The molecule has 0 amide bonds. The minimum absolute atomic E-state index is 0.0272. The summed E-state index contributed by atoms with van der Waals surface area (Å²) >= 11 is 0. The molecule has 0 spiro atoms. The smallest absolute Gasteiger partial charge is 0.404 e. The van der Waals surface area contributed by atoms with Gasteiger partial charge >= 0.3 is 13.5 Å². The molecule has 4 atom stereocenters. The van der Waals surface area contributed by atoms with Gasteiger partial charge in [-0.3, -0.25) is 23.4 Å². The van der Waals surface area contributed by atoms with Crippen LogP contribution in [-0.2, 0) is 25.0 Å². The summed E-state index contributed by atoms with van der Waals surface area (Å²) in [5, 5.41) is 10.1. The average molecular weight is 450 g/mol. The Morgan fingerprint density at radius 1 is 1.37 bits per heavy atom. The number of hydrogen-bond acceptors (Lipinski definition) is 8. The number of aromatic amines is 1. The van der Waals surface area contributed by atoms with Gasteiger partial charge in [-0.25, -0.2) is 18.1 Å². The molecule has 3 heterocycles. The van der Waals surface area contributed by atoms with Crippen molar-refractivity contribution >= 4 is 7.82 Å². The second-order valence-electron chi connectivity index (χ2n) is 6.64. The van der Waals surface area contributed by atoms with Gasteiger partial charge in [0.2, 0.25) is 11.7 Å². The van der Waals surface area contributed by atoms with Crippen LogP contribution in [0.5, 0.6) is 5.75 Å². The van der Waals surface area contributed by atoms with E-state index in [1.807, 2.05) is 0 Å². The summed E-state index contributed by atoms with van der Waals surface area (Å²) in [5.41, 5.74) is -2.15. The number of nitrogens with zero attached hydrogens (tertiary/aromatic N) is 1. The second-order valence-corrected chi connectivity index (χ2v) is 8.24. The molecular formula is C16H14F3N2O8P. The van der Waals surface area contributed by atoms with Gasteiger partial charge in [0.1, 0.15) is 24.3 Å². The number of aliphatic hydroxyl groups excluding tert-OH is 1. The molecule has 1 aromatic heterocycles. The van der Waals surface area contributed by atoms with Gasteiger partial charge in [-0.05, 0) is 18.2 Å². The van der Waals surface area contributed by atoms with E-state index in [0.29, 0.717) is 10.8 Å². The number of nitrogens with one attached hydrogen (secondary N) is 1. The first-order valence-corrected chi connectivity index (χ1v) is 9.96. The van der Waals surface area contributed by atoms with Gasteiger partial charge in [0.05, 0.1) is 12.8 Å². The van der Waals surface area contributed by atoms with Crippen molar-refractivity contribution in [2.75, 3.05) is 6.61 Å². The van der Waals surface area contributed by atoms with Crippen LogP contribution in [0.2, 0.25) is 0 Å². The van der Waals surface area contributed by atoms with Crippen molar-refractivity contribution in [3.8, 4) is 5.75 Å². The number of aromatic nitrogens is 2. The van der Waals surface area contributed by atoms with Crippen molar-refractivity contribution < 1.29 is 41.2 Å². The Kier molecular flexibility index (Phi) is 5.11. The van der Waals surface area contributed by atoms with Crippen molar-refractivity contribution in [2.45, 2.75) is 31.2 Å². The number of phosphoric acid groups is 1. The highest BCUT2D eigenvalue weighted by Gasteiger charge is 2.50. The predicted molar refractivity (Wildman–Crippen MR) is 91.2 cm³/mol. The fourth-order valence-corrected chi connectivity index (χ4v) is 4.27. The molecule has 162 valence electrons. The van der Waals surface area contributed by atoms with Crippen molar-refractivity contribution in [3.05, 3.63) is 62.4 Å². The normalized spacial score (nSPS) is 30.7. The number of phosphoric ester groups is 1. The van der Waals surface area contributed by atoms with Crippen LogP contribution >= 0.6 is 7.82 Å². The molecule has 30 heavy (non-hydrogen) atoms. The highest BCUT2D eigenvalue weighted by Crippen LogP contribution is 2.55. The average Bonchev–Trinajstić information content (AvgIpc) is 2.98. The number of rotatable bonds is 4. The lowest BCUT2D eigenvalue weighted by Crippen LogP contribution is -2.37. The van der Waals surface area contributed by atoms with Crippen molar-refractivity contribution in [1.82, 2.24) is 9.55 Å². The molecule has 14 heteroatoms. The quantitative estimate of drug-likeness (QED) is 0.671. The largest absolute Gasteiger partial charge is 0.530 e. The number of benzene rings is 1. The van der Waals surface area contributed by atoms with Crippen LogP contribution in [-0.4, -0.2) is 33.2 Å². The van der Waals surface area contributed by atoms with Crippen LogP contribution in [0.15, 0.2) is 34.0 Å². The third-order valence-electron chi connectivity index (χ3n) is 4.42. The zero-order chi connectivity index (χ0) is 21.7. The first-order chi connectivity index (χ1) is 14.1. The predicted octanol–water partition coefficient (Wildman–Crippen LogP) is 1.49. The SMILES string of the molecule is O=c1[nH]c(=O)n([C@@H]2O[C@](F)(COP3(=O)OCc4cc(F)ccc4O3)C[C@H]2O)cc1F. The summed E-state index contributed by atoms with van der Waals surface area (Å²) in [6, 6.07) is 3.38. The maximum absolute atomic E-state index is 15.0. The topological polar surface area (TPSA) is 129 Å². The molecule has 10 nitrogen and oxygen atoms in total. The molecule has 0 aliphatic carbocycles. The Morgan fingerprint density at radius 2 is 2.13 bits per heavy atom. The zero-order valence-corrected chi connectivity index (χ0v) is 15.8. The van der Waals surface area contributed by atoms with Gasteiger partial charge in [0, 0.05) is 12.0 Å². The maximum Gasteiger partial charge on any atom is 0.530 e. The zero-order valence-electron chi connectivity index (χ0n) is 14.9. The second kappa shape index (κ2) is 7.36. The van der Waals surface area contributed by atoms with E-state index in [1.54, 1.807) is 4.98 Å². The van der Waals surface area contributed by atoms with E-state index in [4.69, 9.17) is 18.3 Å². The van der Waals surface area contributed by atoms with Crippen LogP contribution in [0.3, 0.4) is 0 Å². The van der Waals surface area contributed by atoms with Crippen LogP contribution in [0.25, 0.3) is 0 Å². The van der Waals surface area contributed by atoms with E-state index in [2.05, 4.69) is 0 Å². The number of alkyl halides is 1. The fraction of sp³-hybridized carbons (Fsp3) is 0.375. The minimum atomic E-state index is -4.29. The van der Waals surface area contributed by atoms with E-state index in [0.717, 1.165) is 12.1 Å². The van der Waals surface area contributed by atoms with Crippen molar-refractivity contribution in [3.63, 3.8) is 0 Å². The summed E-state index contributed by atoms with van der Waals surface area (Å²) in [6.07, 6.45) is -3.57. The van der Waals surface area contributed by atoms with Crippen LogP contribution < -0.4 is 15.8 Å². The lowest BCUT2D eigenvalue weighted by atomic mass is 10.2. The lowest BCUT2D eigenvalue weighted by Gasteiger charge is -2.27. The Hall–Kier alpha value is -2.44. The van der Waals surface area contributed by atoms with Crippen molar-refractivity contribution in [1.29, 1.82) is 0 Å². The summed E-state index contributed by atoms with van der Waals surface area (Å²) in [5.74, 6) is -4.63. The number of ether oxygens (including phenoxy) is 1. The van der Waals surface area contributed by atoms with Gasteiger partial charge in [0.15, 0.2) is 6.23 Å². The van der Waals surface area contributed by atoms with Crippen molar-refractivity contribution in [2.24, 2.45) is 0 Å². The molecule has 2 N–H and O–H groups in total. The molecule has 1 saturated heterocycles. The van der Waals surface area contributed by atoms with E-state index in [-0.39, 0.29) is 17.9 Å². The fourth-order valence-electron chi connectivity index (χ4n) is 3.03. The monoisotopic (exact) mass is 450 g/mol. The summed E-state index contributed by atoms with van der Waals surface area (Å²) in [6.45, 7) is -1.35. The first kappa shape index (κ1) is 20.8. The number of halogens is 3. The molecule has 0 bridgehead atoms. The van der Waals surface area contributed by atoms with E-state index >= 15 is 4.39 Å². The summed E-state index contributed by atoms with van der Waals surface area (Å²) in [7, 11) is -4.29. The van der Waals surface area contributed by atoms with Gasteiger partial charge in [0.25, 0.3) is 5.56 Å². The Bertz CT molecular complexity index is 1150. The maximum atomic E-state index is 15.0. The lowest BCUT2D eigenvalue weighted by molar-refractivity contribution is -0.179. The highest BCUT2D eigenvalue weighted by molar-refractivity contribution is 7.49. The molecular weight excluding hydrogens is 436 g/mol. The Balaban J connectivity index is 1.47. The molecule has 1 unspecified atom stereocenters. The third-order valence-corrected chi connectivity index (χ3v) is 5.73. The standard InChI is InChI=1S/C16H14F3N2O8P/c17-9-1-2-12-8(3-9)6-26-30(25,29-12)27-7-16(19)4-11(22)14(28-16)21-5-10(18)13(23)20-15(21)24/h1-3,5,11,14,22H,4,6-7H2,(H,20,23,24)/t11-,14-,16+,30?/m1/s1. The van der Waals surface area contributed by atoms with Crippen LogP contribution in [0.4, 0.5) is 13.2 Å². The van der Waals surface area contributed by atoms with E-state index < -0.39 is 61.9 Å². The molecule has 4 rings (SSSR count).